The first-order chi connectivity index (χ1) is 9.20. The first-order valence-corrected chi connectivity index (χ1v) is 6.95. The van der Waals surface area contributed by atoms with Crippen LogP contribution in [-0.4, -0.2) is 19.1 Å². The quantitative estimate of drug-likeness (QED) is 0.650. The maximum Gasteiger partial charge on any atom is 0.251 e. The zero-order valence-electron chi connectivity index (χ0n) is 11.4. The third kappa shape index (κ3) is 3.63. The van der Waals surface area contributed by atoms with Crippen LogP contribution in [-0.2, 0) is 0 Å². The molecule has 0 radical (unpaired) electrons. The van der Waals surface area contributed by atoms with Crippen molar-refractivity contribution in [3.8, 4) is 5.75 Å². The van der Waals surface area contributed by atoms with Gasteiger partial charge in [0.15, 0.2) is 0 Å². The Morgan fingerprint density at radius 3 is 2.53 bits per heavy atom. The van der Waals surface area contributed by atoms with Crippen LogP contribution in [0.4, 0.5) is 5.69 Å². The van der Waals surface area contributed by atoms with E-state index in [1.54, 1.807) is 25.3 Å². The van der Waals surface area contributed by atoms with Crippen molar-refractivity contribution >= 4 is 11.6 Å². The van der Waals surface area contributed by atoms with Crippen molar-refractivity contribution in [3.63, 3.8) is 0 Å². The number of carbonyl (C=O) groups is 1. The Bertz CT molecular complexity index is 438. The summed E-state index contributed by atoms with van der Waals surface area (Å²) in [6.45, 7) is 0. The standard InChI is InChI=1S/C15H22N2O2/c1-19-14-9-8-11(10-13(14)16)15(18)17-12-6-4-2-3-5-7-12/h8-10,12H,2-7,16H2,1H3,(H,17,18). The summed E-state index contributed by atoms with van der Waals surface area (Å²) in [6, 6.07) is 5.46. The monoisotopic (exact) mass is 262 g/mol. The van der Waals surface area contributed by atoms with Gasteiger partial charge >= 0.3 is 0 Å². The van der Waals surface area contributed by atoms with Crippen LogP contribution in [0.5, 0.6) is 5.75 Å². The number of hydrogen-bond acceptors (Lipinski definition) is 3. The number of nitrogens with two attached hydrogens (primary N) is 1. The van der Waals surface area contributed by atoms with Crippen LogP contribution in [0.25, 0.3) is 0 Å². The van der Waals surface area contributed by atoms with Gasteiger partial charge < -0.3 is 15.8 Å². The van der Waals surface area contributed by atoms with Gasteiger partial charge in [0, 0.05) is 11.6 Å². The second kappa shape index (κ2) is 6.45. The molecule has 2 rings (SSSR count). The molecule has 3 N–H and O–H groups in total. The largest absolute Gasteiger partial charge is 0.495 e. The molecule has 4 nitrogen and oxygen atoms in total. The third-order valence-corrected chi connectivity index (χ3v) is 3.68. The number of hydrogen-bond donors (Lipinski definition) is 2. The summed E-state index contributed by atoms with van der Waals surface area (Å²) in [6.07, 6.45) is 7.13. The second-order valence-electron chi connectivity index (χ2n) is 5.12. The lowest BCUT2D eigenvalue weighted by molar-refractivity contribution is 0.0933. The molecule has 1 aliphatic rings. The molecular formula is C15H22N2O2. The fourth-order valence-electron chi connectivity index (χ4n) is 2.57. The van der Waals surface area contributed by atoms with Crippen LogP contribution in [0.3, 0.4) is 0 Å². The van der Waals surface area contributed by atoms with Crippen LogP contribution in [0.15, 0.2) is 18.2 Å². The number of nitrogens with one attached hydrogen (secondary N) is 1. The van der Waals surface area contributed by atoms with Crippen LogP contribution < -0.4 is 15.8 Å². The average Bonchev–Trinajstić information content (AvgIpc) is 2.67. The van der Waals surface area contributed by atoms with E-state index in [-0.39, 0.29) is 5.91 Å². The van der Waals surface area contributed by atoms with E-state index in [4.69, 9.17) is 10.5 Å². The Morgan fingerprint density at radius 1 is 1.26 bits per heavy atom. The number of benzene rings is 1. The van der Waals surface area contributed by atoms with E-state index < -0.39 is 0 Å². The summed E-state index contributed by atoms with van der Waals surface area (Å²) in [7, 11) is 1.57. The molecule has 1 aromatic carbocycles. The van der Waals surface area contributed by atoms with Crippen LogP contribution in [0.2, 0.25) is 0 Å². The van der Waals surface area contributed by atoms with Crippen molar-refractivity contribution < 1.29 is 9.53 Å². The summed E-state index contributed by atoms with van der Waals surface area (Å²) in [5.74, 6) is 0.562. The van der Waals surface area contributed by atoms with Crippen LogP contribution in [0, 0.1) is 0 Å². The lowest BCUT2D eigenvalue weighted by atomic mass is 10.1. The van der Waals surface area contributed by atoms with Gasteiger partial charge in [-0.25, -0.2) is 0 Å². The minimum Gasteiger partial charge on any atom is -0.495 e. The molecule has 19 heavy (non-hydrogen) atoms. The minimum atomic E-state index is -0.0405. The molecule has 1 fully saturated rings. The van der Waals surface area contributed by atoms with E-state index >= 15 is 0 Å². The molecule has 0 atom stereocenters. The molecule has 104 valence electrons. The van der Waals surface area contributed by atoms with Gasteiger partial charge in [0.05, 0.1) is 12.8 Å². The summed E-state index contributed by atoms with van der Waals surface area (Å²) >= 11 is 0. The van der Waals surface area contributed by atoms with E-state index in [1.165, 1.54) is 25.7 Å². The predicted octanol–water partition coefficient (Wildman–Crippen LogP) is 2.73. The molecule has 0 spiro atoms. The van der Waals surface area contributed by atoms with Crippen molar-refractivity contribution in [1.29, 1.82) is 0 Å². The molecule has 0 aliphatic heterocycles. The Hall–Kier alpha value is -1.71. The molecule has 1 amide bonds. The molecule has 1 aliphatic carbocycles. The number of rotatable bonds is 3. The summed E-state index contributed by atoms with van der Waals surface area (Å²) < 4.78 is 5.09. The number of carbonyl (C=O) groups excluding carboxylic acids is 1. The number of anilines is 1. The Labute approximate surface area is 114 Å². The van der Waals surface area contributed by atoms with Crippen molar-refractivity contribution in [2.24, 2.45) is 0 Å². The molecule has 0 saturated heterocycles. The molecule has 1 aromatic rings. The van der Waals surface area contributed by atoms with Crippen LogP contribution >= 0.6 is 0 Å². The Kier molecular flexibility index (Phi) is 4.66. The highest BCUT2D eigenvalue weighted by Crippen LogP contribution is 2.22. The topological polar surface area (TPSA) is 64.3 Å². The molecule has 1 saturated carbocycles. The van der Waals surface area contributed by atoms with Gasteiger partial charge in [-0.1, -0.05) is 25.7 Å². The lowest BCUT2D eigenvalue weighted by Gasteiger charge is -2.16. The SMILES string of the molecule is COc1ccc(C(=O)NC2CCCCCC2)cc1N. The van der Waals surface area contributed by atoms with E-state index in [0.29, 0.717) is 23.0 Å². The lowest BCUT2D eigenvalue weighted by Crippen LogP contribution is -2.34. The maximum atomic E-state index is 12.2. The van der Waals surface area contributed by atoms with Crippen molar-refractivity contribution in [3.05, 3.63) is 23.8 Å². The second-order valence-corrected chi connectivity index (χ2v) is 5.12. The van der Waals surface area contributed by atoms with Gasteiger partial charge in [0.2, 0.25) is 0 Å². The van der Waals surface area contributed by atoms with Gasteiger partial charge in [0.25, 0.3) is 5.91 Å². The predicted molar refractivity (Wildman–Crippen MR) is 76.4 cm³/mol. The third-order valence-electron chi connectivity index (χ3n) is 3.68. The number of ether oxygens (including phenoxy) is 1. The summed E-state index contributed by atoms with van der Waals surface area (Å²) in [5.41, 5.74) is 6.92. The highest BCUT2D eigenvalue weighted by Gasteiger charge is 2.16. The zero-order valence-corrected chi connectivity index (χ0v) is 11.4. The molecule has 0 heterocycles. The van der Waals surface area contributed by atoms with Gasteiger partial charge in [-0.15, -0.1) is 0 Å². The average molecular weight is 262 g/mol. The highest BCUT2D eigenvalue weighted by molar-refractivity contribution is 5.95. The molecule has 4 heteroatoms. The Morgan fingerprint density at radius 2 is 1.95 bits per heavy atom. The van der Waals surface area contributed by atoms with Gasteiger partial charge in [-0.2, -0.15) is 0 Å². The smallest absolute Gasteiger partial charge is 0.251 e. The molecule has 0 unspecified atom stereocenters. The normalized spacial score (nSPS) is 16.7. The van der Waals surface area contributed by atoms with Crippen molar-refractivity contribution in [2.75, 3.05) is 12.8 Å². The van der Waals surface area contributed by atoms with Gasteiger partial charge in [0.1, 0.15) is 5.75 Å². The summed E-state index contributed by atoms with van der Waals surface area (Å²) in [5, 5.41) is 3.10. The van der Waals surface area contributed by atoms with Crippen LogP contribution in [0.1, 0.15) is 48.9 Å². The first-order valence-electron chi connectivity index (χ1n) is 6.95. The molecule has 0 bridgehead atoms. The minimum absolute atomic E-state index is 0.0405. The molecular weight excluding hydrogens is 240 g/mol. The van der Waals surface area contributed by atoms with Gasteiger partial charge in [-0.05, 0) is 31.0 Å². The zero-order chi connectivity index (χ0) is 13.7. The highest BCUT2D eigenvalue weighted by atomic mass is 16.5. The summed E-state index contributed by atoms with van der Waals surface area (Å²) in [4.78, 5) is 12.2. The number of amides is 1. The number of methoxy groups -OCH3 is 1. The maximum absolute atomic E-state index is 12.2. The Balaban J connectivity index is 2.00. The van der Waals surface area contributed by atoms with Crippen molar-refractivity contribution in [2.45, 2.75) is 44.6 Å². The van der Waals surface area contributed by atoms with Gasteiger partial charge in [-0.3, -0.25) is 4.79 Å². The van der Waals surface area contributed by atoms with E-state index in [2.05, 4.69) is 5.32 Å². The van der Waals surface area contributed by atoms with E-state index in [1.807, 2.05) is 0 Å². The molecule has 0 aromatic heterocycles. The first kappa shape index (κ1) is 13.7. The number of nitrogen functional groups attached to an aromatic ring is 1. The van der Waals surface area contributed by atoms with E-state index in [9.17, 15) is 4.79 Å². The fourth-order valence-corrected chi connectivity index (χ4v) is 2.57. The van der Waals surface area contributed by atoms with Crippen molar-refractivity contribution in [1.82, 2.24) is 5.32 Å². The fraction of sp³-hybridized carbons (Fsp3) is 0.533. The van der Waals surface area contributed by atoms with E-state index in [0.717, 1.165) is 12.8 Å².